The SMILES string of the molecule is Cc1ccc(OCc2c(C#N)nnn2CCCO)cc1. The Labute approximate surface area is 117 Å². The molecule has 0 bridgehead atoms. The van der Waals surface area contributed by atoms with Crippen LogP contribution in [0.3, 0.4) is 0 Å². The van der Waals surface area contributed by atoms with Gasteiger partial charge >= 0.3 is 0 Å². The van der Waals surface area contributed by atoms with Crippen molar-refractivity contribution < 1.29 is 9.84 Å². The van der Waals surface area contributed by atoms with Gasteiger partial charge in [-0.1, -0.05) is 22.9 Å². The number of ether oxygens (including phenoxy) is 1. The fraction of sp³-hybridized carbons (Fsp3) is 0.357. The summed E-state index contributed by atoms with van der Waals surface area (Å²) < 4.78 is 7.25. The van der Waals surface area contributed by atoms with Crippen LogP contribution in [0.4, 0.5) is 0 Å². The number of aromatic nitrogens is 3. The Morgan fingerprint density at radius 1 is 1.35 bits per heavy atom. The summed E-state index contributed by atoms with van der Waals surface area (Å²) in [7, 11) is 0. The Kier molecular flexibility index (Phi) is 4.69. The first-order valence-electron chi connectivity index (χ1n) is 6.37. The van der Waals surface area contributed by atoms with Gasteiger partial charge in [-0.2, -0.15) is 5.26 Å². The van der Waals surface area contributed by atoms with Gasteiger partial charge in [0, 0.05) is 13.2 Å². The average Bonchev–Trinajstić information content (AvgIpc) is 2.86. The molecule has 104 valence electrons. The second kappa shape index (κ2) is 6.68. The monoisotopic (exact) mass is 272 g/mol. The van der Waals surface area contributed by atoms with Crippen LogP contribution in [0.15, 0.2) is 24.3 Å². The summed E-state index contributed by atoms with van der Waals surface area (Å²) in [6.45, 7) is 2.81. The summed E-state index contributed by atoms with van der Waals surface area (Å²) in [4.78, 5) is 0. The first kappa shape index (κ1) is 14.0. The maximum atomic E-state index is 9.02. The fourth-order valence-electron chi connectivity index (χ4n) is 1.75. The fourth-order valence-corrected chi connectivity index (χ4v) is 1.75. The first-order chi connectivity index (χ1) is 9.74. The summed E-state index contributed by atoms with van der Waals surface area (Å²) in [6.07, 6.45) is 0.561. The highest BCUT2D eigenvalue weighted by atomic mass is 16.5. The van der Waals surface area contributed by atoms with E-state index in [1.165, 1.54) is 0 Å². The average molecular weight is 272 g/mol. The lowest BCUT2D eigenvalue weighted by atomic mass is 10.2. The van der Waals surface area contributed by atoms with Crippen LogP contribution in [-0.2, 0) is 13.2 Å². The van der Waals surface area contributed by atoms with Gasteiger partial charge in [-0.15, -0.1) is 5.10 Å². The Morgan fingerprint density at radius 2 is 2.10 bits per heavy atom. The highest BCUT2D eigenvalue weighted by Gasteiger charge is 2.13. The molecule has 0 unspecified atom stereocenters. The molecular formula is C14H16N4O2. The molecule has 1 aromatic heterocycles. The van der Waals surface area contributed by atoms with Crippen molar-refractivity contribution in [2.45, 2.75) is 26.5 Å². The van der Waals surface area contributed by atoms with Crippen molar-refractivity contribution in [2.24, 2.45) is 0 Å². The van der Waals surface area contributed by atoms with Gasteiger partial charge in [-0.3, -0.25) is 0 Å². The molecule has 6 heteroatoms. The molecule has 0 radical (unpaired) electrons. The molecule has 0 aliphatic carbocycles. The van der Waals surface area contributed by atoms with Crippen molar-refractivity contribution in [1.29, 1.82) is 5.26 Å². The summed E-state index contributed by atoms with van der Waals surface area (Å²) in [5, 5.41) is 25.6. The molecule has 6 nitrogen and oxygen atoms in total. The molecule has 0 fully saturated rings. The lowest BCUT2D eigenvalue weighted by Crippen LogP contribution is -2.10. The number of benzene rings is 1. The van der Waals surface area contributed by atoms with Crippen molar-refractivity contribution >= 4 is 0 Å². The van der Waals surface area contributed by atoms with Crippen LogP contribution in [0.25, 0.3) is 0 Å². The van der Waals surface area contributed by atoms with E-state index in [4.69, 9.17) is 15.1 Å². The molecule has 0 aliphatic heterocycles. The first-order valence-corrected chi connectivity index (χ1v) is 6.37. The minimum absolute atomic E-state index is 0.0695. The molecule has 0 spiro atoms. The molecule has 20 heavy (non-hydrogen) atoms. The molecule has 0 atom stereocenters. The van der Waals surface area contributed by atoms with Gasteiger partial charge in [-0.25, -0.2) is 4.68 Å². The molecule has 1 aromatic carbocycles. The van der Waals surface area contributed by atoms with E-state index >= 15 is 0 Å². The van der Waals surface area contributed by atoms with Crippen LogP contribution < -0.4 is 4.74 Å². The standard InChI is InChI=1S/C14H16N4O2/c1-11-3-5-12(6-4-11)20-10-14-13(9-15)16-17-18(14)7-2-8-19/h3-6,19H,2,7-8,10H2,1H3. The minimum atomic E-state index is 0.0695. The maximum Gasteiger partial charge on any atom is 0.189 e. The Hall–Kier alpha value is -2.39. The summed E-state index contributed by atoms with van der Waals surface area (Å²) in [5.74, 6) is 0.731. The Balaban J connectivity index is 2.09. The van der Waals surface area contributed by atoms with Gasteiger partial charge in [0.05, 0.1) is 0 Å². The van der Waals surface area contributed by atoms with E-state index in [2.05, 4.69) is 10.3 Å². The Bertz CT molecular complexity index is 599. The normalized spacial score (nSPS) is 10.2. The van der Waals surface area contributed by atoms with Crippen molar-refractivity contribution in [3.05, 3.63) is 41.2 Å². The molecule has 0 amide bonds. The zero-order valence-corrected chi connectivity index (χ0v) is 11.3. The lowest BCUT2D eigenvalue weighted by Gasteiger charge is -2.08. The van der Waals surface area contributed by atoms with Crippen LogP contribution in [0, 0.1) is 18.3 Å². The predicted octanol–water partition coefficient (Wildman–Crippen LogP) is 1.42. The van der Waals surface area contributed by atoms with Crippen LogP contribution >= 0.6 is 0 Å². The van der Waals surface area contributed by atoms with E-state index in [0.717, 1.165) is 11.3 Å². The van der Waals surface area contributed by atoms with E-state index in [0.29, 0.717) is 18.7 Å². The highest BCUT2D eigenvalue weighted by molar-refractivity contribution is 5.28. The van der Waals surface area contributed by atoms with Gasteiger partial charge in [0.1, 0.15) is 24.1 Å². The van der Waals surface area contributed by atoms with E-state index in [1.54, 1.807) is 4.68 Å². The molecule has 0 saturated heterocycles. The van der Waals surface area contributed by atoms with Gasteiger partial charge in [0.25, 0.3) is 0 Å². The summed E-state index contributed by atoms with van der Waals surface area (Å²) in [6, 6.07) is 9.68. The smallest absolute Gasteiger partial charge is 0.189 e. The molecular weight excluding hydrogens is 256 g/mol. The highest BCUT2D eigenvalue weighted by Crippen LogP contribution is 2.15. The third-order valence-electron chi connectivity index (χ3n) is 2.87. The van der Waals surface area contributed by atoms with E-state index in [-0.39, 0.29) is 18.9 Å². The topological polar surface area (TPSA) is 84.0 Å². The number of nitriles is 1. The Morgan fingerprint density at radius 3 is 2.75 bits per heavy atom. The van der Waals surface area contributed by atoms with Crippen molar-refractivity contribution in [3.8, 4) is 11.8 Å². The van der Waals surface area contributed by atoms with Crippen LogP contribution in [0.1, 0.15) is 23.4 Å². The van der Waals surface area contributed by atoms with Gasteiger partial charge in [0.15, 0.2) is 5.69 Å². The minimum Gasteiger partial charge on any atom is -0.487 e. The predicted molar refractivity (Wildman–Crippen MR) is 72.0 cm³/mol. The zero-order chi connectivity index (χ0) is 14.4. The zero-order valence-electron chi connectivity index (χ0n) is 11.3. The van der Waals surface area contributed by atoms with E-state index < -0.39 is 0 Å². The number of hydrogen-bond donors (Lipinski definition) is 1. The largest absolute Gasteiger partial charge is 0.487 e. The molecule has 1 N–H and O–H groups in total. The van der Waals surface area contributed by atoms with Gasteiger partial charge in [-0.05, 0) is 25.5 Å². The number of aryl methyl sites for hydroxylation is 2. The molecule has 2 aromatic rings. The van der Waals surface area contributed by atoms with Crippen molar-refractivity contribution in [1.82, 2.24) is 15.0 Å². The van der Waals surface area contributed by atoms with Crippen LogP contribution in [0.5, 0.6) is 5.75 Å². The maximum absolute atomic E-state index is 9.02. The molecule has 0 saturated carbocycles. The van der Waals surface area contributed by atoms with Gasteiger partial charge < -0.3 is 9.84 Å². The molecule has 2 rings (SSSR count). The number of rotatable bonds is 6. The van der Waals surface area contributed by atoms with Crippen molar-refractivity contribution in [2.75, 3.05) is 6.61 Å². The second-order valence-corrected chi connectivity index (χ2v) is 4.40. The third kappa shape index (κ3) is 3.33. The quantitative estimate of drug-likeness (QED) is 0.859. The number of nitrogens with zero attached hydrogens (tertiary/aromatic N) is 4. The third-order valence-corrected chi connectivity index (χ3v) is 2.87. The molecule has 1 heterocycles. The summed E-state index contributed by atoms with van der Waals surface area (Å²) in [5.41, 5.74) is 2.04. The van der Waals surface area contributed by atoms with Crippen LogP contribution in [0.2, 0.25) is 0 Å². The van der Waals surface area contributed by atoms with E-state index in [1.807, 2.05) is 37.3 Å². The number of hydrogen-bond acceptors (Lipinski definition) is 5. The lowest BCUT2D eigenvalue weighted by molar-refractivity contribution is 0.265. The molecule has 0 aliphatic rings. The van der Waals surface area contributed by atoms with Crippen molar-refractivity contribution in [3.63, 3.8) is 0 Å². The van der Waals surface area contributed by atoms with Crippen LogP contribution in [-0.4, -0.2) is 26.7 Å². The van der Waals surface area contributed by atoms with Gasteiger partial charge in [0.2, 0.25) is 0 Å². The number of aliphatic hydroxyl groups excluding tert-OH is 1. The van der Waals surface area contributed by atoms with E-state index in [9.17, 15) is 0 Å². The second-order valence-electron chi connectivity index (χ2n) is 4.40. The summed E-state index contributed by atoms with van der Waals surface area (Å²) >= 11 is 0. The number of aliphatic hydroxyl groups is 1.